The maximum atomic E-state index is 9.96. The molecule has 1 saturated heterocycles. The standard InChI is InChI=1S/C13H17NO3/c1-9-3-2-4-14(9)7-10-5-12-13(6-11(10)15)17-8-16-12/h5-6,9,15H,2-4,7-8H2,1H3. The Hall–Kier alpha value is -1.42. The van der Waals surface area contributed by atoms with E-state index in [0.29, 0.717) is 17.5 Å². The highest BCUT2D eigenvalue weighted by Gasteiger charge is 2.23. The lowest BCUT2D eigenvalue weighted by Gasteiger charge is -2.21. The lowest BCUT2D eigenvalue weighted by Crippen LogP contribution is -2.26. The minimum Gasteiger partial charge on any atom is -0.507 e. The van der Waals surface area contributed by atoms with Crippen LogP contribution in [0.2, 0.25) is 0 Å². The third-order valence-corrected chi connectivity index (χ3v) is 3.64. The van der Waals surface area contributed by atoms with Crippen LogP contribution in [0.15, 0.2) is 12.1 Å². The summed E-state index contributed by atoms with van der Waals surface area (Å²) in [7, 11) is 0. The van der Waals surface area contributed by atoms with E-state index in [9.17, 15) is 5.11 Å². The van der Waals surface area contributed by atoms with Crippen LogP contribution in [0, 0.1) is 0 Å². The zero-order valence-corrected chi connectivity index (χ0v) is 9.98. The van der Waals surface area contributed by atoms with Gasteiger partial charge in [0.1, 0.15) is 5.75 Å². The number of phenolic OH excluding ortho intramolecular Hbond substituents is 1. The molecular weight excluding hydrogens is 218 g/mol. The summed E-state index contributed by atoms with van der Waals surface area (Å²) in [5.74, 6) is 1.68. The summed E-state index contributed by atoms with van der Waals surface area (Å²) in [5, 5.41) is 9.96. The van der Waals surface area contributed by atoms with Crippen LogP contribution < -0.4 is 9.47 Å². The van der Waals surface area contributed by atoms with Gasteiger partial charge in [-0.2, -0.15) is 0 Å². The molecule has 1 aromatic carbocycles. The third-order valence-electron chi connectivity index (χ3n) is 3.64. The SMILES string of the molecule is CC1CCCN1Cc1cc2c(cc1O)OCO2. The molecule has 0 spiro atoms. The van der Waals surface area contributed by atoms with E-state index >= 15 is 0 Å². The van der Waals surface area contributed by atoms with Gasteiger partial charge < -0.3 is 14.6 Å². The Morgan fingerprint density at radius 3 is 2.82 bits per heavy atom. The molecule has 1 unspecified atom stereocenters. The largest absolute Gasteiger partial charge is 0.507 e. The third kappa shape index (κ3) is 1.93. The van der Waals surface area contributed by atoms with Gasteiger partial charge in [-0.3, -0.25) is 4.90 Å². The lowest BCUT2D eigenvalue weighted by molar-refractivity contribution is 0.173. The number of hydrogen-bond acceptors (Lipinski definition) is 4. The molecule has 2 heterocycles. The van der Waals surface area contributed by atoms with Crippen molar-refractivity contribution in [3.8, 4) is 17.2 Å². The second-order valence-electron chi connectivity index (χ2n) is 4.80. The molecular formula is C13H17NO3. The lowest BCUT2D eigenvalue weighted by atomic mass is 10.1. The van der Waals surface area contributed by atoms with E-state index < -0.39 is 0 Å². The van der Waals surface area contributed by atoms with Gasteiger partial charge in [0, 0.05) is 24.2 Å². The molecule has 1 N–H and O–H groups in total. The molecule has 2 aliphatic heterocycles. The molecule has 0 saturated carbocycles. The predicted octanol–water partition coefficient (Wildman–Crippen LogP) is 2.11. The molecule has 1 atom stereocenters. The predicted molar refractivity (Wildman–Crippen MR) is 63.3 cm³/mol. The van der Waals surface area contributed by atoms with Crippen molar-refractivity contribution >= 4 is 0 Å². The molecule has 3 rings (SSSR count). The van der Waals surface area contributed by atoms with Gasteiger partial charge in [-0.1, -0.05) is 0 Å². The summed E-state index contributed by atoms with van der Waals surface area (Å²) >= 11 is 0. The number of rotatable bonds is 2. The average molecular weight is 235 g/mol. The first-order valence-corrected chi connectivity index (χ1v) is 6.09. The second kappa shape index (κ2) is 4.11. The van der Waals surface area contributed by atoms with Crippen molar-refractivity contribution in [2.75, 3.05) is 13.3 Å². The van der Waals surface area contributed by atoms with Gasteiger partial charge in [0.25, 0.3) is 0 Å². The van der Waals surface area contributed by atoms with E-state index in [1.165, 1.54) is 12.8 Å². The summed E-state index contributed by atoms with van der Waals surface area (Å²) in [6, 6.07) is 4.14. The summed E-state index contributed by atoms with van der Waals surface area (Å²) in [5.41, 5.74) is 0.919. The quantitative estimate of drug-likeness (QED) is 0.852. The summed E-state index contributed by atoms with van der Waals surface area (Å²) in [6.45, 7) is 4.37. The zero-order valence-electron chi connectivity index (χ0n) is 9.98. The first-order valence-electron chi connectivity index (χ1n) is 6.09. The van der Waals surface area contributed by atoms with Crippen molar-refractivity contribution in [3.05, 3.63) is 17.7 Å². The number of hydrogen-bond donors (Lipinski definition) is 1. The highest BCUT2D eigenvalue weighted by atomic mass is 16.7. The molecule has 0 radical (unpaired) electrons. The van der Waals surface area contributed by atoms with Crippen LogP contribution in [0.5, 0.6) is 17.2 Å². The van der Waals surface area contributed by atoms with Gasteiger partial charge in [0.05, 0.1) is 0 Å². The molecule has 92 valence electrons. The zero-order chi connectivity index (χ0) is 11.8. The van der Waals surface area contributed by atoms with Gasteiger partial charge in [0.15, 0.2) is 11.5 Å². The number of benzene rings is 1. The van der Waals surface area contributed by atoms with Crippen molar-refractivity contribution in [1.82, 2.24) is 4.90 Å². The van der Waals surface area contributed by atoms with Crippen molar-refractivity contribution in [2.24, 2.45) is 0 Å². The molecule has 0 aliphatic carbocycles. The van der Waals surface area contributed by atoms with Crippen molar-refractivity contribution in [1.29, 1.82) is 0 Å². The average Bonchev–Trinajstić information content (AvgIpc) is 2.89. The number of phenols is 1. The maximum Gasteiger partial charge on any atom is 0.231 e. The van der Waals surface area contributed by atoms with Gasteiger partial charge in [-0.15, -0.1) is 0 Å². The highest BCUT2D eigenvalue weighted by Crippen LogP contribution is 2.38. The van der Waals surface area contributed by atoms with Crippen LogP contribution in [0.25, 0.3) is 0 Å². The van der Waals surface area contributed by atoms with Crippen LogP contribution in [0.1, 0.15) is 25.3 Å². The fraction of sp³-hybridized carbons (Fsp3) is 0.538. The van der Waals surface area contributed by atoms with E-state index in [-0.39, 0.29) is 6.79 Å². The van der Waals surface area contributed by atoms with Crippen LogP contribution in [-0.4, -0.2) is 29.4 Å². The number of aromatic hydroxyl groups is 1. The minimum atomic E-state index is 0.248. The Bertz CT molecular complexity index is 433. The van der Waals surface area contributed by atoms with Gasteiger partial charge in [-0.05, 0) is 32.4 Å². The van der Waals surface area contributed by atoms with Crippen LogP contribution in [0.4, 0.5) is 0 Å². The van der Waals surface area contributed by atoms with Gasteiger partial charge >= 0.3 is 0 Å². The van der Waals surface area contributed by atoms with Gasteiger partial charge in [-0.25, -0.2) is 0 Å². The first kappa shape index (κ1) is 10.7. The fourth-order valence-corrected chi connectivity index (χ4v) is 2.55. The van der Waals surface area contributed by atoms with Crippen molar-refractivity contribution in [2.45, 2.75) is 32.4 Å². The number of nitrogens with zero attached hydrogens (tertiary/aromatic N) is 1. The van der Waals surface area contributed by atoms with E-state index in [0.717, 1.165) is 24.4 Å². The molecule has 17 heavy (non-hydrogen) atoms. The second-order valence-corrected chi connectivity index (χ2v) is 4.80. The molecule has 1 fully saturated rings. The maximum absolute atomic E-state index is 9.96. The Morgan fingerprint density at radius 2 is 2.12 bits per heavy atom. The molecule has 0 bridgehead atoms. The Balaban J connectivity index is 1.83. The highest BCUT2D eigenvalue weighted by molar-refractivity contribution is 5.51. The van der Waals surface area contributed by atoms with Crippen molar-refractivity contribution < 1.29 is 14.6 Å². The molecule has 1 aromatic rings. The minimum absolute atomic E-state index is 0.248. The van der Waals surface area contributed by atoms with Crippen LogP contribution >= 0.6 is 0 Å². The van der Waals surface area contributed by atoms with Crippen LogP contribution in [0.3, 0.4) is 0 Å². The van der Waals surface area contributed by atoms with E-state index in [4.69, 9.17) is 9.47 Å². The first-order chi connectivity index (χ1) is 8.24. The Labute approximate surface area is 101 Å². The number of likely N-dealkylation sites (tertiary alicyclic amines) is 1. The normalized spacial score (nSPS) is 23.2. The monoisotopic (exact) mass is 235 g/mol. The topological polar surface area (TPSA) is 41.9 Å². The van der Waals surface area contributed by atoms with E-state index in [2.05, 4.69) is 11.8 Å². The molecule has 2 aliphatic rings. The van der Waals surface area contributed by atoms with E-state index in [1.54, 1.807) is 6.07 Å². The smallest absolute Gasteiger partial charge is 0.231 e. The summed E-state index contributed by atoms with van der Waals surface area (Å²) < 4.78 is 10.6. The molecule has 0 aromatic heterocycles. The van der Waals surface area contributed by atoms with E-state index in [1.807, 2.05) is 6.07 Å². The molecule has 4 nitrogen and oxygen atoms in total. The number of fused-ring (bicyclic) bond motifs is 1. The summed E-state index contributed by atoms with van der Waals surface area (Å²) in [4.78, 5) is 2.39. The molecule has 0 amide bonds. The summed E-state index contributed by atoms with van der Waals surface area (Å²) in [6.07, 6.45) is 2.48. The Morgan fingerprint density at radius 1 is 1.35 bits per heavy atom. The molecule has 4 heteroatoms. The fourth-order valence-electron chi connectivity index (χ4n) is 2.55. The van der Waals surface area contributed by atoms with Crippen molar-refractivity contribution in [3.63, 3.8) is 0 Å². The Kier molecular flexibility index (Phi) is 2.59. The number of ether oxygens (including phenoxy) is 2. The van der Waals surface area contributed by atoms with Gasteiger partial charge in [0.2, 0.25) is 6.79 Å². The van der Waals surface area contributed by atoms with Crippen LogP contribution in [-0.2, 0) is 6.54 Å².